The molecule has 0 N–H and O–H groups in total. The van der Waals surface area contributed by atoms with Gasteiger partial charge in [-0.15, -0.1) is 10.2 Å². The van der Waals surface area contributed by atoms with E-state index < -0.39 is 0 Å². The number of anilines is 1. The first-order valence-electron chi connectivity index (χ1n) is 5.01. The topological polar surface area (TPSA) is 29.0 Å². The Balaban J connectivity index is 2.15. The van der Waals surface area contributed by atoms with Crippen molar-refractivity contribution >= 4 is 32.4 Å². The Kier molecular flexibility index (Phi) is 3.73. The lowest BCUT2D eigenvalue weighted by Gasteiger charge is -2.16. The Morgan fingerprint density at radius 1 is 1.41 bits per heavy atom. The first-order chi connectivity index (χ1) is 8.06. The number of rotatable bonds is 3. The number of benzene rings is 1. The molecule has 1 aromatic carbocycles. The van der Waals surface area contributed by atoms with Crippen LogP contribution in [0.3, 0.4) is 0 Å². The summed E-state index contributed by atoms with van der Waals surface area (Å²) >= 11 is 4.89. The minimum Gasteiger partial charge on any atom is -0.345 e. The predicted molar refractivity (Wildman–Crippen MR) is 70.9 cm³/mol. The SMILES string of the molecule is Cc1nnc(N(C)Cc2ccc(F)cc2Br)s1. The molecule has 0 aliphatic rings. The Bertz CT molecular complexity index is 529. The lowest BCUT2D eigenvalue weighted by molar-refractivity contribution is 0.625. The van der Waals surface area contributed by atoms with Gasteiger partial charge < -0.3 is 4.90 Å². The van der Waals surface area contributed by atoms with E-state index in [9.17, 15) is 4.39 Å². The van der Waals surface area contributed by atoms with Crippen molar-refractivity contribution < 1.29 is 4.39 Å². The van der Waals surface area contributed by atoms with Crippen LogP contribution in [0.5, 0.6) is 0 Å². The monoisotopic (exact) mass is 315 g/mol. The van der Waals surface area contributed by atoms with Gasteiger partial charge in [0.2, 0.25) is 5.13 Å². The van der Waals surface area contributed by atoms with Gasteiger partial charge in [0.1, 0.15) is 10.8 Å². The summed E-state index contributed by atoms with van der Waals surface area (Å²) in [4.78, 5) is 1.99. The molecule has 0 fully saturated rings. The van der Waals surface area contributed by atoms with Gasteiger partial charge in [0.05, 0.1) is 0 Å². The maximum Gasteiger partial charge on any atom is 0.208 e. The maximum atomic E-state index is 12.9. The molecule has 1 heterocycles. The summed E-state index contributed by atoms with van der Waals surface area (Å²) in [5, 5.41) is 9.83. The Hall–Kier alpha value is -1.01. The van der Waals surface area contributed by atoms with Gasteiger partial charge >= 0.3 is 0 Å². The summed E-state index contributed by atoms with van der Waals surface area (Å²) in [6.45, 7) is 2.58. The lowest BCUT2D eigenvalue weighted by Crippen LogP contribution is -2.16. The number of hydrogen-bond donors (Lipinski definition) is 0. The van der Waals surface area contributed by atoms with Gasteiger partial charge in [0.25, 0.3) is 0 Å². The van der Waals surface area contributed by atoms with E-state index >= 15 is 0 Å². The minimum atomic E-state index is -0.241. The third-order valence-electron chi connectivity index (χ3n) is 2.26. The fourth-order valence-electron chi connectivity index (χ4n) is 1.41. The van der Waals surface area contributed by atoms with Gasteiger partial charge in [-0.2, -0.15) is 0 Å². The zero-order valence-corrected chi connectivity index (χ0v) is 11.8. The highest BCUT2D eigenvalue weighted by molar-refractivity contribution is 9.10. The molecular weight excluding hydrogens is 305 g/mol. The van der Waals surface area contributed by atoms with Crippen LogP contribution in [0.2, 0.25) is 0 Å². The van der Waals surface area contributed by atoms with E-state index in [-0.39, 0.29) is 5.82 Å². The molecular formula is C11H11BrFN3S. The first kappa shape index (κ1) is 12.4. The summed E-state index contributed by atoms with van der Waals surface area (Å²) in [7, 11) is 1.94. The number of hydrogen-bond acceptors (Lipinski definition) is 4. The van der Waals surface area contributed by atoms with E-state index in [4.69, 9.17) is 0 Å². The van der Waals surface area contributed by atoms with Gasteiger partial charge in [-0.05, 0) is 24.6 Å². The summed E-state index contributed by atoms with van der Waals surface area (Å²) in [6.07, 6.45) is 0. The summed E-state index contributed by atoms with van der Waals surface area (Å²) < 4.78 is 13.7. The predicted octanol–water partition coefficient (Wildman–Crippen LogP) is 3.38. The highest BCUT2D eigenvalue weighted by Crippen LogP contribution is 2.23. The molecule has 2 aromatic rings. The maximum absolute atomic E-state index is 12.9. The second-order valence-electron chi connectivity index (χ2n) is 3.70. The van der Waals surface area contributed by atoms with Crippen molar-refractivity contribution in [1.82, 2.24) is 10.2 Å². The third-order valence-corrected chi connectivity index (χ3v) is 3.96. The zero-order chi connectivity index (χ0) is 12.4. The molecule has 1 aromatic heterocycles. The number of halogens is 2. The molecule has 3 nitrogen and oxygen atoms in total. The second-order valence-corrected chi connectivity index (χ2v) is 5.71. The van der Waals surface area contributed by atoms with Crippen LogP contribution in [0.15, 0.2) is 22.7 Å². The molecule has 0 saturated carbocycles. The van der Waals surface area contributed by atoms with Crippen molar-refractivity contribution in [3.8, 4) is 0 Å². The van der Waals surface area contributed by atoms with E-state index in [1.54, 1.807) is 6.07 Å². The van der Waals surface area contributed by atoms with E-state index in [1.807, 2.05) is 18.9 Å². The van der Waals surface area contributed by atoms with E-state index in [2.05, 4.69) is 26.1 Å². The van der Waals surface area contributed by atoms with Crippen molar-refractivity contribution in [2.24, 2.45) is 0 Å². The van der Waals surface area contributed by atoms with Crippen LogP contribution in [0.1, 0.15) is 10.6 Å². The van der Waals surface area contributed by atoms with Gasteiger partial charge in [-0.25, -0.2) is 4.39 Å². The van der Waals surface area contributed by atoms with E-state index in [1.165, 1.54) is 23.5 Å². The molecule has 0 radical (unpaired) electrons. The molecule has 0 atom stereocenters. The molecule has 0 spiro atoms. The highest BCUT2D eigenvalue weighted by atomic mass is 79.9. The summed E-state index contributed by atoms with van der Waals surface area (Å²) in [5.74, 6) is -0.241. The van der Waals surface area contributed by atoms with Crippen LogP contribution in [0, 0.1) is 12.7 Å². The fourth-order valence-corrected chi connectivity index (χ4v) is 2.54. The van der Waals surface area contributed by atoms with Crippen molar-refractivity contribution in [3.05, 3.63) is 39.1 Å². The normalized spacial score (nSPS) is 10.6. The lowest BCUT2D eigenvalue weighted by atomic mass is 10.2. The van der Waals surface area contributed by atoms with Crippen LogP contribution >= 0.6 is 27.3 Å². The van der Waals surface area contributed by atoms with Gasteiger partial charge in [-0.3, -0.25) is 0 Å². The quantitative estimate of drug-likeness (QED) is 0.869. The van der Waals surface area contributed by atoms with Crippen LogP contribution in [0.4, 0.5) is 9.52 Å². The fraction of sp³-hybridized carbons (Fsp3) is 0.273. The average Bonchev–Trinajstić information content (AvgIpc) is 2.69. The molecule has 17 heavy (non-hydrogen) atoms. The minimum absolute atomic E-state index is 0.241. The van der Waals surface area contributed by atoms with Gasteiger partial charge in [0.15, 0.2) is 0 Å². The zero-order valence-electron chi connectivity index (χ0n) is 9.44. The number of aryl methyl sites for hydroxylation is 1. The van der Waals surface area contributed by atoms with Crippen LogP contribution < -0.4 is 4.90 Å². The Morgan fingerprint density at radius 2 is 2.18 bits per heavy atom. The van der Waals surface area contributed by atoms with Crippen molar-refractivity contribution in [2.45, 2.75) is 13.5 Å². The molecule has 90 valence electrons. The number of nitrogens with zero attached hydrogens (tertiary/aromatic N) is 3. The van der Waals surface area contributed by atoms with Crippen LogP contribution in [0.25, 0.3) is 0 Å². The molecule has 0 amide bonds. The first-order valence-corrected chi connectivity index (χ1v) is 6.62. The molecule has 0 saturated heterocycles. The van der Waals surface area contributed by atoms with Gasteiger partial charge in [0, 0.05) is 18.1 Å². The van der Waals surface area contributed by atoms with Crippen molar-refractivity contribution in [2.75, 3.05) is 11.9 Å². The second kappa shape index (κ2) is 5.10. The standard InChI is InChI=1S/C11H11BrFN3S/c1-7-14-15-11(17-7)16(2)6-8-3-4-9(13)5-10(8)12/h3-5H,6H2,1-2H3. The summed E-state index contributed by atoms with van der Waals surface area (Å²) in [6, 6.07) is 4.69. The summed E-state index contributed by atoms with van der Waals surface area (Å²) in [5.41, 5.74) is 1.02. The average molecular weight is 316 g/mol. The van der Waals surface area contributed by atoms with Crippen LogP contribution in [-0.4, -0.2) is 17.2 Å². The Morgan fingerprint density at radius 3 is 2.76 bits per heavy atom. The smallest absolute Gasteiger partial charge is 0.208 e. The van der Waals surface area contributed by atoms with Gasteiger partial charge in [-0.1, -0.05) is 33.3 Å². The molecule has 0 aliphatic heterocycles. The molecule has 6 heteroatoms. The van der Waals surface area contributed by atoms with Crippen molar-refractivity contribution in [1.29, 1.82) is 0 Å². The highest BCUT2D eigenvalue weighted by Gasteiger charge is 2.09. The van der Waals surface area contributed by atoms with E-state index in [0.29, 0.717) is 6.54 Å². The van der Waals surface area contributed by atoms with Crippen LogP contribution in [-0.2, 0) is 6.54 Å². The molecule has 0 bridgehead atoms. The van der Waals surface area contributed by atoms with Crippen molar-refractivity contribution in [3.63, 3.8) is 0 Å². The number of aromatic nitrogens is 2. The molecule has 0 unspecified atom stereocenters. The molecule has 2 rings (SSSR count). The third kappa shape index (κ3) is 3.01. The Labute approximate surface area is 111 Å². The molecule has 0 aliphatic carbocycles. The van der Waals surface area contributed by atoms with E-state index in [0.717, 1.165) is 20.2 Å². The largest absolute Gasteiger partial charge is 0.345 e.